The van der Waals surface area contributed by atoms with E-state index in [0.717, 1.165) is 11.5 Å². The highest BCUT2D eigenvalue weighted by Gasteiger charge is 2.19. The Morgan fingerprint density at radius 1 is 1.71 bits per heavy atom. The predicted octanol–water partition coefficient (Wildman–Crippen LogP) is 2.63. The van der Waals surface area contributed by atoms with Crippen LogP contribution in [0.1, 0.15) is 30.3 Å². The van der Waals surface area contributed by atoms with Crippen LogP contribution in [0, 0.1) is 0 Å². The van der Waals surface area contributed by atoms with Gasteiger partial charge in [0.15, 0.2) is 5.69 Å². The molecule has 0 aromatic carbocycles. The van der Waals surface area contributed by atoms with E-state index in [1.807, 2.05) is 11.8 Å². The first kappa shape index (κ1) is 12.7. The lowest BCUT2D eigenvalue weighted by atomic mass is 10.2. The van der Waals surface area contributed by atoms with Crippen LogP contribution in [-0.4, -0.2) is 35.1 Å². The fourth-order valence-corrected chi connectivity index (χ4v) is 3.61. The van der Waals surface area contributed by atoms with Crippen LogP contribution < -0.4 is 5.32 Å². The van der Waals surface area contributed by atoms with Crippen molar-refractivity contribution in [3.8, 4) is 0 Å². The van der Waals surface area contributed by atoms with Crippen molar-refractivity contribution in [1.82, 2.24) is 4.98 Å². The summed E-state index contributed by atoms with van der Waals surface area (Å²) in [5, 5.41) is 4.80. The molecule has 1 fully saturated rings. The zero-order chi connectivity index (χ0) is 12.1. The smallest absolute Gasteiger partial charge is 0.360 e. The van der Waals surface area contributed by atoms with Gasteiger partial charge in [0, 0.05) is 11.8 Å². The summed E-state index contributed by atoms with van der Waals surface area (Å²) in [5.74, 6) is 0.912. The third-order valence-corrected chi connectivity index (χ3v) is 4.73. The van der Waals surface area contributed by atoms with Gasteiger partial charge in [-0.25, -0.2) is 9.78 Å². The summed E-state index contributed by atoms with van der Waals surface area (Å²) in [4.78, 5) is 15.7. The van der Waals surface area contributed by atoms with E-state index in [1.165, 1.54) is 29.9 Å². The molecule has 2 heterocycles. The minimum absolute atomic E-state index is 0.338. The number of rotatable bonds is 5. The van der Waals surface area contributed by atoms with Gasteiger partial charge in [0.05, 0.1) is 12.1 Å². The monoisotopic (exact) mass is 272 g/mol. The molecular formula is C11H16N2O2S2. The van der Waals surface area contributed by atoms with Gasteiger partial charge in [-0.05, 0) is 25.5 Å². The number of carbonyl (C=O) groups is 1. The molecule has 1 unspecified atom stereocenters. The minimum atomic E-state index is -0.338. The Bertz CT molecular complexity index is 375. The molecule has 1 aromatic rings. The van der Waals surface area contributed by atoms with Crippen molar-refractivity contribution in [1.29, 1.82) is 0 Å². The van der Waals surface area contributed by atoms with Gasteiger partial charge in [-0.15, -0.1) is 11.3 Å². The number of hydrogen-bond acceptors (Lipinski definition) is 6. The van der Waals surface area contributed by atoms with Gasteiger partial charge >= 0.3 is 5.97 Å². The third kappa shape index (κ3) is 3.35. The van der Waals surface area contributed by atoms with Gasteiger partial charge in [-0.2, -0.15) is 11.8 Å². The summed E-state index contributed by atoms with van der Waals surface area (Å²) < 4.78 is 4.96. The third-order valence-electron chi connectivity index (χ3n) is 2.55. The molecule has 4 nitrogen and oxygen atoms in total. The lowest BCUT2D eigenvalue weighted by Crippen LogP contribution is -2.15. The van der Waals surface area contributed by atoms with E-state index in [4.69, 9.17) is 4.74 Å². The lowest BCUT2D eigenvalue weighted by Gasteiger charge is -2.10. The number of hydrogen-bond donors (Lipinski definition) is 1. The molecule has 0 amide bonds. The van der Waals surface area contributed by atoms with Crippen LogP contribution in [0.3, 0.4) is 0 Å². The number of nitrogens with one attached hydrogen (secondary N) is 1. The number of esters is 1. The highest BCUT2D eigenvalue weighted by molar-refractivity contribution is 8.00. The van der Waals surface area contributed by atoms with Gasteiger partial charge in [-0.1, -0.05) is 0 Å². The quantitative estimate of drug-likeness (QED) is 0.835. The van der Waals surface area contributed by atoms with Crippen LogP contribution in [0.4, 0.5) is 5.00 Å². The Balaban J connectivity index is 1.91. The molecule has 0 saturated carbocycles. The Hall–Kier alpha value is -0.750. The summed E-state index contributed by atoms with van der Waals surface area (Å²) >= 11 is 3.45. The van der Waals surface area contributed by atoms with Crippen molar-refractivity contribution < 1.29 is 9.53 Å². The van der Waals surface area contributed by atoms with Gasteiger partial charge in [0.25, 0.3) is 0 Å². The molecule has 0 aliphatic carbocycles. The van der Waals surface area contributed by atoms with Crippen LogP contribution in [0.15, 0.2) is 5.51 Å². The van der Waals surface area contributed by atoms with Gasteiger partial charge < -0.3 is 10.1 Å². The second-order valence-electron chi connectivity index (χ2n) is 3.77. The lowest BCUT2D eigenvalue weighted by molar-refractivity contribution is 0.0521. The Morgan fingerprint density at radius 2 is 2.59 bits per heavy atom. The molecule has 0 bridgehead atoms. The molecule has 2 rings (SSSR count). The predicted molar refractivity (Wildman–Crippen MR) is 72.0 cm³/mol. The zero-order valence-electron chi connectivity index (χ0n) is 9.77. The fourth-order valence-electron chi connectivity index (χ4n) is 1.73. The van der Waals surface area contributed by atoms with Crippen molar-refractivity contribution in [2.45, 2.75) is 25.0 Å². The van der Waals surface area contributed by atoms with E-state index in [2.05, 4.69) is 10.3 Å². The molecule has 6 heteroatoms. The fraction of sp³-hybridized carbons (Fsp3) is 0.636. The largest absolute Gasteiger partial charge is 0.461 e. The Morgan fingerprint density at radius 3 is 3.29 bits per heavy atom. The number of aromatic nitrogens is 1. The first-order chi connectivity index (χ1) is 8.31. The normalized spacial score (nSPS) is 19.2. The van der Waals surface area contributed by atoms with Crippen LogP contribution >= 0.6 is 23.1 Å². The van der Waals surface area contributed by atoms with Crippen LogP contribution in [0.2, 0.25) is 0 Å². The number of anilines is 1. The average molecular weight is 272 g/mol. The summed E-state index contributed by atoms with van der Waals surface area (Å²) in [5.41, 5.74) is 2.09. The highest BCUT2D eigenvalue weighted by atomic mass is 32.2. The topological polar surface area (TPSA) is 51.2 Å². The van der Waals surface area contributed by atoms with Crippen molar-refractivity contribution in [3.63, 3.8) is 0 Å². The molecule has 1 N–H and O–H groups in total. The molecule has 1 aliphatic heterocycles. The number of thioether (sulfide) groups is 1. The van der Waals surface area contributed by atoms with E-state index >= 15 is 0 Å². The maximum atomic E-state index is 11.6. The van der Waals surface area contributed by atoms with Crippen molar-refractivity contribution >= 4 is 34.1 Å². The van der Waals surface area contributed by atoms with Gasteiger partial charge in [0.1, 0.15) is 5.00 Å². The standard InChI is InChI=1S/C11H16N2O2S2/c1-2-15-11(14)9-10(17-7-13-9)12-6-8-4-3-5-16-8/h7-8,12H,2-6H2,1H3. The summed E-state index contributed by atoms with van der Waals surface area (Å²) in [6.45, 7) is 3.08. The second-order valence-corrected chi connectivity index (χ2v) is 6.03. The van der Waals surface area contributed by atoms with Crippen molar-refractivity contribution in [3.05, 3.63) is 11.2 Å². The van der Waals surface area contributed by atoms with Crippen LogP contribution in [-0.2, 0) is 4.74 Å². The maximum absolute atomic E-state index is 11.6. The summed E-state index contributed by atoms with van der Waals surface area (Å²) in [6, 6.07) is 0. The SMILES string of the molecule is CCOC(=O)c1ncsc1NCC1CCCS1. The first-order valence-corrected chi connectivity index (χ1v) is 7.70. The molecule has 94 valence electrons. The molecule has 0 spiro atoms. The average Bonchev–Trinajstić information content (AvgIpc) is 2.98. The molecule has 1 saturated heterocycles. The van der Waals surface area contributed by atoms with E-state index in [1.54, 1.807) is 12.4 Å². The first-order valence-electron chi connectivity index (χ1n) is 5.77. The van der Waals surface area contributed by atoms with Gasteiger partial charge in [0.2, 0.25) is 0 Å². The van der Waals surface area contributed by atoms with E-state index < -0.39 is 0 Å². The molecule has 0 radical (unpaired) electrons. The van der Waals surface area contributed by atoms with Gasteiger partial charge in [-0.3, -0.25) is 0 Å². The van der Waals surface area contributed by atoms with E-state index in [-0.39, 0.29) is 5.97 Å². The molecule has 1 atom stereocenters. The van der Waals surface area contributed by atoms with Crippen LogP contribution in [0.25, 0.3) is 0 Å². The number of carbonyl (C=O) groups excluding carboxylic acids is 1. The Kier molecular flexibility index (Phi) is 4.67. The highest BCUT2D eigenvalue weighted by Crippen LogP contribution is 2.28. The van der Waals surface area contributed by atoms with E-state index in [0.29, 0.717) is 17.6 Å². The number of nitrogens with zero attached hydrogens (tertiary/aromatic N) is 1. The zero-order valence-corrected chi connectivity index (χ0v) is 11.4. The maximum Gasteiger partial charge on any atom is 0.360 e. The molecule has 1 aliphatic rings. The molecule has 1 aromatic heterocycles. The van der Waals surface area contributed by atoms with Crippen molar-refractivity contribution in [2.24, 2.45) is 0 Å². The number of thiazole rings is 1. The van der Waals surface area contributed by atoms with Crippen LogP contribution in [0.5, 0.6) is 0 Å². The minimum Gasteiger partial charge on any atom is -0.461 e. The van der Waals surface area contributed by atoms with Crippen molar-refractivity contribution in [2.75, 3.05) is 24.2 Å². The molecule has 17 heavy (non-hydrogen) atoms. The van der Waals surface area contributed by atoms with E-state index in [9.17, 15) is 4.79 Å². The Labute approximate surface area is 109 Å². The molecular weight excluding hydrogens is 256 g/mol. The summed E-state index contributed by atoms with van der Waals surface area (Å²) in [6.07, 6.45) is 2.55. The summed E-state index contributed by atoms with van der Waals surface area (Å²) in [7, 11) is 0. The number of ether oxygens (including phenoxy) is 1. The second kappa shape index (κ2) is 6.26.